The summed E-state index contributed by atoms with van der Waals surface area (Å²) in [6.07, 6.45) is 3.93. The maximum absolute atomic E-state index is 12.3. The number of thioether (sulfide) groups is 1. The minimum Gasteiger partial charge on any atom is -0.324 e. The number of anilines is 1. The third kappa shape index (κ3) is 4.15. The lowest BCUT2D eigenvalue weighted by Gasteiger charge is -2.23. The van der Waals surface area contributed by atoms with Crippen molar-refractivity contribution in [3.8, 4) is 0 Å². The van der Waals surface area contributed by atoms with Gasteiger partial charge in [-0.3, -0.25) is 4.68 Å². The zero-order valence-corrected chi connectivity index (χ0v) is 14.2. The molecule has 0 bridgehead atoms. The topological polar surface area (TPSA) is 50.2 Å². The molecule has 1 aromatic rings. The maximum atomic E-state index is 12.3. The van der Waals surface area contributed by atoms with Crippen LogP contribution in [0.2, 0.25) is 0 Å². The summed E-state index contributed by atoms with van der Waals surface area (Å²) in [5, 5.41) is 7.37. The highest BCUT2D eigenvalue weighted by molar-refractivity contribution is 7.99. The van der Waals surface area contributed by atoms with E-state index in [4.69, 9.17) is 0 Å². The molecule has 1 aromatic heterocycles. The molecule has 1 fully saturated rings. The van der Waals surface area contributed by atoms with E-state index in [1.54, 1.807) is 6.20 Å². The van der Waals surface area contributed by atoms with E-state index in [1.165, 1.54) is 0 Å². The molecule has 5 nitrogen and oxygen atoms in total. The number of nitrogens with zero attached hydrogens (tertiary/aromatic N) is 3. The van der Waals surface area contributed by atoms with Crippen LogP contribution in [0.15, 0.2) is 6.20 Å². The van der Waals surface area contributed by atoms with Gasteiger partial charge in [-0.05, 0) is 31.4 Å². The van der Waals surface area contributed by atoms with Gasteiger partial charge in [-0.25, -0.2) is 4.79 Å². The smallest absolute Gasteiger partial charge is 0.321 e. The summed E-state index contributed by atoms with van der Waals surface area (Å²) >= 11 is 1.91. The van der Waals surface area contributed by atoms with Gasteiger partial charge in [0.05, 0.1) is 17.6 Å². The second kappa shape index (κ2) is 7.20. The lowest BCUT2D eigenvalue weighted by Crippen LogP contribution is -2.39. The van der Waals surface area contributed by atoms with Crippen molar-refractivity contribution < 1.29 is 4.79 Å². The molecular formula is C15H26N4OS. The van der Waals surface area contributed by atoms with Crippen LogP contribution in [-0.2, 0) is 6.54 Å². The van der Waals surface area contributed by atoms with Crippen LogP contribution in [0.4, 0.5) is 10.5 Å². The summed E-state index contributed by atoms with van der Waals surface area (Å²) in [4.78, 5) is 14.1. The molecule has 1 aliphatic heterocycles. The molecule has 2 heterocycles. The highest BCUT2D eigenvalue weighted by Crippen LogP contribution is 2.22. The first kappa shape index (κ1) is 16.2. The number of rotatable bonds is 5. The van der Waals surface area contributed by atoms with E-state index >= 15 is 0 Å². The van der Waals surface area contributed by atoms with E-state index in [0.717, 1.165) is 42.3 Å². The zero-order valence-electron chi connectivity index (χ0n) is 13.4. The average molecular weight is 310 g/mol. The van der Waals surface area contributed by atoms with E-state index in [2.05, 4.69) is 24.3 Å². The predicted octanol–water partition coefficient (Wildman–Crippen LogP) is 3.21. The van der Waals surface area contributed by atoms with Crippen LogP contribution < -0.4 is 5.32 Å². The van der Waals surface area contributed by atoms with Crippen LogP contribution >= 0.6 is 11.8 Å². The van der Waals surface area contributed by atoms with Gasteiger partial charge in [0.1, 0.15) is 0 Å². The van der Waals surface area contributed by atoms with Gasteiger partial charge in [0, 0.05) is 25.4 Å². The number of aromatic nitrogens is 2. The number of nitrogens with one attached hydrogen (secondary N) is 1. The minimum atomic E-state index is -0.0333. The fourth-order valence-corrected chi connectivity index (χ4v) is 3.64. The first-order chi connectivity index (χ1) is 9.99. The Morgan fingerprint density at radius 1 is 1.62 bits per heavy atom. The second-order valence-electron chi connectivity index (χ2n) is 6.11. The van der Waals surface area contributed by atoms with Crippen molar-refractivity contribution in [2.24, 2.45) is 5.92 Å². The molecule has 0 radical (unpaired) electrons. The molecule has 0 unspecified atom stereocenters. The average Bonchev–Trinajstić information content (AvgIpc) is 3.07. The third-order valence-corrected chi connectivity index (χ3v) is 5.18. The number of urea groups is 1. The van der Waals surface area contributed by atoms with E-state index < -0.39 is 0 Å². The van der Waals surface area contributed by atoms with Gasteiger partial charge in [-0.2, -0.15) is 16.9 Å². The number of carbonyl (C=O) groups excluding carboxylic acids is 1. The van der Waals surface area contributed by atoms with E-state index in [-0.39, 0.29) is 6.03 Å². The summed E-state index contributed by atoms with van der Waals surface area (Å²) in [5.41, 5.74) is 1.85. The number of hydrogen-bond acceptors (Lipinski definition) is 3. The van der Waals surface area contributed by atoms with Crippen molar-refractivity contribution in [3.63, 3.8) is 0 Å². The largest absolute Gasteiger partial charge is 0.324 e. The normalized spacial score (nSPS) is 18.2. The molecule has 2 rings (SSSR count). The van der Waals surface area contributed by atoms with Crippen molar-refractivity contribution in [2.75, 3.05) is 23.9 Å². The Hall–Kier alpha value is -1.17. The summed E-state index contributed by atoms with van der Waals surface area (Å²) in [6, 6.07) is 0.320. The fraction of sp³-hybridized carbons (Fsp3) is 0.733. The molecule has 0 aliphatic carbocycles. The van der Waals surface area contributed by atoms with Crippen LogP contribution in [0.5, 0.6) is 0 Å². The van der Waals surface area contributed by atoms with Gasteiger partial charge in [-0.1, -0.05) is 13.8 Å². The van der Waals surface area contributed by atoms with Gasteiger partial charge in [-0.15, -0.1) is 0 Å². The van der Waals surface area contributed by atoms with Crippen LogP contribution in [0.25, 0.3) is 0 Å². The van der Waals surface area contributed by atoms with E-state index in [0.29, 0.717) is 12.0 Å². The predicted molar refractivity (Wildman–Crippen MR) is 88.9 cm³/mol. The third-order valence-electron chi connectivity index (χ3n) is 4.04. The Morgan fingerprint density at radius 3 is 3.00 bits per heavy atom. The number of aryl methyl sites for hydroxylation is 1. The molecule has 6 heteroatoms. The van der Waals surface area contributed by atoms with Crippen LogP contribution in [0.1, 0.15) is 32.4 Å². The Balaban J connectivity index is 1.94. The Kier molecular flexibility index (Phi) is 5.56. The fourth-order valence-electron chi connectivity index (χ4n) is 2.37. The molecule has 1 saturated heterocycles. The molecule has 0 aromatic carbocycles. The Morgan fingerprint density at radius 2 is 2.38 bits per heavy atom. The van der Waals surface area contributed by atoms with Crippen molar-refractivity contribution in [1.82, 2.24) is 14.7 Å². The van der Waals surface area contributed by atoms with E-state index in [9.17, 15) is 4.79 Å². The molecular weight excluding hydrogens is 284 g/mol. The lowest BCUT2D eigenvalue weighted by molar-refractivity contribution is 0.209. The Labute approximate surface area is 131 Å². The van der Waals surface area contributed by atoms with Gasteiger partial charge < -0.3 is 10.2 Å². The quantitative estimate of drug-likeness (QED) is 0.908. The monoisotopic (exact) mass is 310 g/mol. The number of hydrogen-bond donors (Lipinski definition) is 1. The minimum absolute atomic E-state index is 0.0333. The standard InChI is InChI=1S/C15H26N4OS/c1-11(2)5-7-19-12(3)14(9-16-19)17-15(20)18(4)13-6-8-21-10-13/h9,11,13H,5-8,10H2,1-4H3,(H,17,20)/t13-/m0/s1. The molecule has 0 saturated carbocycles. The maximum Gasteiger partial charge on any atom is 0.321 e. The van der Waals surface area contributed by atoms with Crippen molar-refractivity contribution in [1.29, 1.82) is 0 Å². The van der Waals surface area contributed by atoms with Crippen molar-refractivity contribution >= 4 is 23.5 Å². The second-order valence-corrected chi connectivity index (χ2v) is 7.26. The van der Waals surface area contributed by atoms with Gasteiger partial charge in [0.2, 0.25) is 0 Å². The number of amides is 2. The Bertz CT molecular complexity index is 480. The summed E-state index contributed by atoms with van der Waals surface area (Å²) in [5.74, 6) is 2.84. The summed E-state index contributed by atoms with van der Waals surface area (Å²) in [7, 11) is 1.88. The van der Waals surface area contributed by atoms with Gasteiger partial charge in [0.15, 0.2) is 0 Å². The van der Waals surface area contributed by atoms with Crippen LogP contribution in [-0.4, -0.2) is 45.3 Å². The molecule has 1 aliphatic rings. The molecule has 2 amide bonds. The van der Waals surface area contributed by atoms with Crippen LogP contribution in [0, 0.1) is 12.8 Å². The first-order valence-corrected chi connectivity index (χ1v) is 8.78. The van der Waals surface area contributed by atoms with Gasteiger partial charge >= 0.3 is 6.03 Å². The first-order valence-electron chi connectivity index (χ1n) is 7.63. The molecule has 1 N–H and O–H groups in total. The number of carbonyl (C=O) groups is 1. The van der Waals surface area contributed by atoms with Crippen LogP contribution in [0.3, 0.4) is 0 Å². The summed E-state index contributed by atoms with van der Waals surface area (Å²) in [6.45, 7) is 7.31. The van der Waals surface area contributed by atoms with Crippen molar-refractivity contribution in [2.45, 2.75) is 46.2 Å². The highest BCUT2D eigenvalue weighted by atomic mass is 32.2. The molecule has 0 spiro atoms. The lowest BCUT2D eigenvalue weighted by atomic mass is 10.1. The highest BCUT2D eigenvalue weighted by Gasteiger charge is 2.24. The SMILES string of the molecule is Cc1c(NC(=O)N(C)[C@H]2CCSC2)cnn1CCC(C)C. The molecule has 21 heavy (non-hydrogen) atoms. The van der Waals surface area contributed by atoms with Crippen molar-refractivity contribution in [3.05, 3.63) is 11.9 Å². The summed E-state index contributed by atoms with van der Waals surface area (Å²) < 4.78 is 1.97. The molecule has 1 atom stereocenters. The zero-order chi connectivity index (χ0) is 15.4. The van der Waals surface area contributed by atoms with E-state index in [1.807, 2.05) is 35.3 Å². The van der Waals surface area contributed by atoms with Gasteiger partial charge in [0.25, 0.3) is 0 Å². The molecule has 118 valence electrons.